The standard InChI is InChI=1S/C27H53N9/c1-6-28-13-15-30-10-3-19-35(21-17-32-8-1)24-26-5-12-34-27(23-26)25-36-20-4-11-31-16-14-29-7-2-9-33-18-22-36/h5,12,23,28-33H,1-4,6-11,13-22,24-25H2. The Hall–Kier alpha value is -1.17. The van der Waals surface area contributed by atoms with E-state index in [1.807, 2.05) is 6.20 Å². The van der Waals surface area contributed by atoms with Crippen molar-refractivity contribution in [1.29, 1.82) is 0 Å². The third-order valence-corrected chi connectivity index (χ3v) is 6.91. The average Bonchev–Trinajstić information content (AvgIpc) is 2.88. The fourth-order valence-corrected chi connectivity index (χ4v) is 4.85. The SMILES string of the molecule is c1cc(CN2CCCNCCNCCCNCC2)cc(CN2CCCNCCNCCCNCC2)n1. The zero-order chi connectivity index (χ0) is 24.9. The van der Waals surface area contributed by atoms with Crippen molar-refractivity contribution in [2.75, 3.05) is 105 Å². The lowest BCUT2D eigenvalue weighted by Crippen LogP contribution is -2.37. The van der Waals surface area contributed by atoms with Crippen LogP contribution in [0.1, 0.15) is 36.9 Å². The van der Waals surface area contributed by atoms with Crippen LogP contribution in [0.25, 0.3) is 0 Å². The van der Waals surface area contributed by atoms with Crippen LogP contribution in [0.3, 0.4) is 0 Å². The molecule has 0 aliphatic carbocycles. The predicted octanol–water partition coefficient (Wildman–Crippen LogP) is -0.189. The van der Waals surface area contributed by atoms with Crippen LogP contribution >= 0.6 is 0 Å². The van der Waals surface area contributed by atoms with E-state index in [2.05, 4.69) is 53.8 Å². The molecule has 36 heavy (non-hydrogen) atoms. The summed E-state index contributed by atoms with van der Waals surface area (Å²) >= 11 is 0. The van der Waals surface area contributed by atoms with Gasteiger partial charge in [-0.25, -0.2) is 0 Å². The maximum Gasteiger partial charge on any atom is 0.0547 e. The van der Waals surface area contributed by atoms with Gasteiger partial charge in [-0.15, -0.1) is 0 Å². The minimum Gasteiger partial charge on any atom is -0.315 e. The van der Waals surface area contributed by atoms with Gasteiger partial charge in [0.1, 0.15) is 0 Å². The molecule has 9 nitrogen and oxygen atoms in total. The lowest BCUT2D eigenvalue weighted by Gasteiger charge is -2.25. The summed E-state index contributed by atoms with van der Waals surface area (Å²) in [4.78, 5) is 9.92. The largest absolute Gasteiger partial charge is 0.315 e. The Kier molecular flexibility index (Phi) is 16.2. The smallest absolute Gasteiger partial charge is 0.0547 e. The minimum absolute atomic E-state index is 0.927. The van der Waals surface area contributed by atoms with E-state index >= 15 is 0 Å². The van der Waals surface area contributed by atoms with Gasteiger partial charge in [0.2, 0.25) is 0 Å². The van der Waals surface area contributed by atoms with Crippen LogP contribution in [0.15, 0.2) is 18.3 Å². The topological polar surface area (TPSA) is 91.5 Å². The second-order valence-electron chi connectivity index (χ2n) is 10.1. The molecule has 0 spiro atoms. The number of hydrogen-bond donors (Lipinski definition) is 6. The Balaban J connectivity index is 1.50. The van der Waals surface area contributed by atoms with E-state index in [0.717, 1.165) is 118 Å². The molecule has 1 aromatic rings. The van der Waals surface area contributed by atoms with Crippen molar-refractivity contribution in [1.82, 2.24) is 46.7 Å². The highest BCUT2D eigenvalue weighted by Crippen LogP contribution is 2.09. The summed E-state index contributed by atoms with van der Waals surface area (Å²) in [6.07, 6.45) is 6.74. The molecule has 0 saturated carbocycles. The zero-order valence-corrected chi connectivity index (χ0v) is 22.6. The maximum absolute atomic E-state index is 4.75. The van der Waals surface area contributed by atoms with Crippen LogP contribution in [-0.2, 0) is 13.1 Å². The first-order valence-electron chi connectivity index (χ1n) is 14.5. The highest BCUT2D eigenvalue weighted by molar-refractivity contribution is 5.16. The molecule has 0 atom stereocenters. The number of rotatable bonds is 4. The lowest BCUT2D eigenvalue weighted by molar-refractivity contribution is 0.254. The summed E-state index contributed by atoms with van der Waals surface area (Å²) in [6.45, 7) is 19.2. The molecule has 2 saturated heterocycles. The molecule has 6 N–H and O–H groups in total. The Bertz CT molecular complexity index is 581. The van der Waals surface area contributed by atoms with E-state index in [4.69, 9.17) is 4.98 Å². The summed E-state index contributed by atoms with van der Waals surface area (Å²) in [5.74, 6) is 0. The number of hydrogen-bond acceptors (Lipinski definition) is 9. The average molecular weight is 504 g/mol. The van der Waals surface area contributed by atoms with Crippen molar-refractivity contribution in [3.8, 4) is 0 Å². The molecule has 9 heteroatoms. The molecule has 3 rings (SSSR count). The number of aromatic nitrogens is 1. The molecule has 206 valence electrons. The lowest BCUT2D eigenvalue weighted by atomic mass is 10.2. The fraction of sp³-hybridized carbons (Fsp3) is 0.815. The molecule has 2 fully saturated rings. The normalized spacial score (nSPS) is 22.9. The first kappa shape index (κ1) is 29.4. The molecule has 0 radical (unpaired) electrons. The van der Waals surface area contributed by atoms with Gasteiger partial charge in [0.05, 0.1) is 5.69 Å². The molecule has 3 heterocycles. The second kappa shape index (κ2) is 19.9. The van der Waals surface area contributed by atoms with Gasteiger partial charge in [0, 0.05) is 71.6 Å². The Morgan fingerprint density at radius 2 is 1.00 bits per heavy atom. The van der Waals surface area contributed by atoms with E-state index in [1.54, 1.807) is 0 Å². The molecule has 2 aliphatic heterocycles. The first-order chi connectivity index (χ1) is 17.9. The molecule has 0 unspecified atom stereocenters. The molecule has 0 bridgehead atoms. The minimum atomic E-state index is 0.927. The number of nitrogens with one attached hydrogen (secondary N) is 6. The molecular formula is C27H53N9. The summed E-state index contributed by atoms with van der Waals surface area (Å²) in [7, 11) is 0. The van der Waals surface area contributed by atoms with Crippen LogP contribution in [0.2, 0.25) is 0 Å². The van der Waals surface area contributed by atoms with Crippen LogP contribution in [-0.4, -0.2) is 119 Å². The van der Waals surface area contributed by atoms with E-state index in [-0.39, 0.29) is 0 Å². The quantitative estimate of drug-likeness (QED) is 0.335. The predicted molar refractivity (Wildman–Crippen MR) is 150 cm³/mol. The zero-order valence-electron chi connectivity index (χ0n) is 22.6. The van der Waals surface area contributed by atoms with Gasteiger partial charge in [-0.3, -0.25) is 14.8 Å². The molecular weight excluding hydrogens is 450 g/mol. The van der Waals surface area contributed by atoms with Crippen molar-refractivity contribution in [2.24, 2.45) is 0 Å². The van der Waals surface area contributed by atoms with Gasteiger partial charge in [-0.1, -0.05) is 0 Å². The van der Waals surface area contributed by atoms with Crippen LogP contribution in [0.5, 0.6) is 0 Å². The van der Waals surface area contributed by atoms with Crippen LogP contribution in [0.4, 0.5) is 0 Å². The molecule has 1 aromatic heterocycles. The Morgan fingerprint density at radius 3 is 1.56 bits per heavy atom. The van der Waals surface area contributed by atoms with Gasteiger partial charge in [0.25, 0.3) is 0 Å². The van der Waals surface area contributed by atoms with Crippen molar-refractivity contribution >= 4 is 0 Å². The molecule has 2 aliphatic rings. The van der Waals surface area contributed by atoms with Crippen LogP contribution < -0.4 is 31.9 Å². The fourth-order valence-electron chi connectivity index (χ4n) is 4.85. The van der Waals surface area contributed by atoms with Gasteiger partial charge in [-0.05, 0) is 95.7 Å². The van der Waals surface area contributed by atoms with Gasteiger partial charge < -0.3 is 31.9 Å². The van der Waals surface area contributed by atoms with Crippen molar-refractivity contribution in [3.05, 3.63) is 29.6 Å². The van der Waals surface area contributed by atoms with Crippen molar-refractivity contribution in [3.63, 3.8) is 0 Å². The maximum atomic E-state index is 4.75. The number of pyridine rings is 1. The summed E-state index contributed by atoms with van der Waals surface area (Å²) in [6, 6.07) is 4.54. The van der Waals surface area contributed by atoms with Crippen LogP contribution in [0, 0.1) is 0 Å². The molecule has 0 aromatic carbocycles. The van der Waals surface area contributed by atoms with E-state index in [0.29, 0.717) is 0 Å². The molecule has 0 amide bonds. The van der Waals surface area contributed by atoms with Gasteiger partial charge in [-0.2, -0.15) is 0 Å². The van der Waals surface area contributed by atoms with Crippen molar-refractivity contribution in [2.45, 2.75) is 38.8 Å². The second-order valence-corrected chi connectivity index (χ2v) is 10.1. The Labute approximate surface area is 219 Å². The monoisotopic (exact) mass is 503 g/mol. The van der Waals surface area contributed by atoms with Gasteiger partial charge in [0.15, 0.2) is 0 Å². The third kappa shape index (κ3) is 13.9. The van der Waals surface area contributed by atoms with Gasteiger partial charge >= 0.3 is 0 Å². The highest BCUT2D eigenvalue weighted by atomic mass is 15.2. The van der Waals surface area contributed by atoms with E-state index < -0.39 is 0 Å². The Morgan fingerprint density at radius 1 is 0.528 bits per heavy atom. The summed E-state index contributed by atoms with van der Waals surface area (Å²) < 4.78 is 0. The first-order valence-corrected chi connectivity index (χ1v) is 14.5. The summed E-state index contributed by atoms with van der Waals surface area (Å²) in [5, 5.41) is 21.4. The van der Waals surface area contributed by atoms with Crippen molar-refractivity contribution < 1.29 is 0 Å². The number of nitrogens with zero attached hydrogens (tertiary/aromatic N) is 3. The summed E-state index contributed by atoms with van der Waals surface area (Å²) in [5.41, 5.74) is 2.58. The third-order valence-electron chi connectivity index (χ3n) is 6.91. The highest BCUT2D eigenvalue weighted by Gasteiger charge is 2.11. The van der Waals surface area contributed by atoms with E-state index in [9.17, 15) is 0 Å². The van der Waals surface area contributed by atoms with E-state index in [1.165, 1.54) is 36.9 Å².